The largest absolute Gasteiger partial charge is 0.494 e. The van der Waals surface area contributed by atoms with Crippen molar-refractivity contribution in [3.05, 3.63) is 72.8 Å². The quantitative estimate of drug-likeness (QED) is 0.0783. The zero-order valence-electron chi connectivity index (χ0n) is 41.5. The third-order valence-corrected chi connectivity index (χ3v) is 12.2. The van der Waals surface area contributed by atoms with Crippen LogP contribution in [0.1, 0.15) is 104 Å². The first-order chi connectivity index (χ1) is 29.5. The standard InChI is InChI=1S/C17H26BNO4.C15H24BNO3.C12H18BNO2.C3H7BrO/c1-15(2,3)21-14(20)19-13-10-8-12(9-11-13)18-22-16(4,5)17(6,7)23-18;1-14(2)15(3,4)20-16(19-14)12-6-8-13(9-7-12)17-10-11-18-5;1-11(2)12(3,4)16-13(15-11)9-5-7-10(14)8-6-9;1-5-3-2-4/h8-11H,1-7H3,(H,19,20);6-9,17H,10-11H2,1-5H3;5-8H,14H2,1-4H3;2-3H2,1H3. The summed E-state index contributed by atoms with van der Waals surface area (Å²) in [6.45, 7) is 32.3. The van der Waals surface area contributed by atoms with E-state index in [2.05, 4.69) is 59.0 Å². The summed E-state index contributed by atoms with van der Waals surface area (Å²) in [6, 6.07) is 23.1. The van der Waals surface area contributed by atoms with Gasteiger partial charge in [0.1, 0.15) is 5.60 Å². The summed E-state index contributed by atoms with van der Waals surface area (Å²) in [5, 5.41) is 6.93. The zero-order chi connectivity index (χ0) is 48.4. The second-order valence-corrected chi connectivity index (χ2v) is 20.7. The van der Waals surface area contributed by atoms with Gasteiger partial charge in [-0.2, -0.15) is 0 Å². The maximum absolute atomic E-state index is 11.8. The highest BCUT2D eigenvalue weighted by atomic mass is 79.9. The molecule has 3 aliphatic heterocycles. The van der Waals surface area contributed by atoms with Gasteiger partial charge in [0.25, 0.3) is 0 Å². The van der Waals surface area contributed by atoms with Gasteiger partial charge in [0.15, 0.2) is 0 Å². The summed E-state index contributed by atoms with van der Waals surface area (Å²) in [5.74, 6) is 0. The van der Waals surface area contributed by atoms with E-state index < -0.39 is 18.8 Å². The zero-order valence-corrected chi connectivity index (χ0v) is 43.1. The van der Waals surface area contributed by atoms with Crippen LogP contribution in [0.15, 0.2) is 72.8 Å². The van der Waals surface area contributed by atoms with Crippen molar-refractivity contribution in [2.24, 2.45) is 0 Å². The average molecular weight is 954 g/mol. The highest BCUT2D eigenvalue weighted by Gasteiger charge is 2.53. The van der Waals surface area contributed by atoms with Gasteiger partial charge in [0.2, 0.25) is 0 Å². The average Bonchev–Trinajstić information content (AvgIpc) is 3.65. The van der Waals surface area contributed by atoms with Crippen LogP contribution in [0.25, 0.3) is 0 Å². The summed E-state index contributed by atoms with van der Waals surface area (Å²) in [6.07, 6.45) is -0.471. The SMILES string of the molecule is CC(C)(C)OC(=O)Nc1ccc(B2OC(C)(C)C(C)(C)O2)cc1.CC1(C)OB(c2ccc(N)cc2)OC1(C)C.COCCBr.COCCNc1ccc(B2OC(C)(C)C(C)(C)O2)cc1. The van der Waals surface area contributed by atoms with E-state index in [-0.39, 0.29) is 47.8 Å². The van der Waals surface area contributed by atoms with Crippen molar-refractivity contribution in [1.82, 2.24) is 0 Å². The Labute approximate surface area is 393 Å². The third-order valence-electron chi connectivity index (χ3n) is 11.9. The first-order valence-electron chi connectivity index (χ1n) is 21.9. The molecule has 3 heterocycles. The Morgan fingerprint density at radius 1 is 0.562 bits per heavy atom. The van der Waals surface area contributed by atoms with Crippen molar-refractivity contribution >= 4 is 76.8 Å². The van der Waals surface area contributed by atoms with E-state index in [1.165, 1.54) is 0 Å². The third kappa shape index (κ3) is 15.8. The number of halogens is 1. The molecule has 0 aliphatic carbocycles. The lowest BCUT2D eigenvalue weighted by molar-refractivity contribution is 0.00578. The maximum atomic E-state index is 11.8. The highest BCUT2D eigenvalue weighted by molar-refractivity contribution is 9.09. The molecule has 0 atom stereocenters. The molecule has 0 saturated carbocycles. The van der Waals surface area contributed by atoms with Gasteiger partial charge in [-0.3, -0.25) is 5.32 Å². The molecule has 3 aromatic carbocycles. The molecule has 13 nitrogen and oxygen atoms in total. The number of carbonyl (C=O) groups excluding carboxylic acids is 1. The van der Waals surface area contributed by atoms with Crippen LogP contribution in [0.2, 0.25) is 0 Å². The molecule has 354 valence electrons. The number of hydrogen-bond donors (Lipinski definition) is 3. The number of carbonyl (C=O) groups is 1. The second-order valence-electron chi connectivity index (χ2n) is 19.9. The van der Waals surface area contributed by atoms with Crippen molar-refractivity contribution in [2.45, 2.75) is 143 Å². The number of alkyl halides is 1. The summed E-state index contributed by atoms with van der Waals surface area (Å²) >= 11 is 3.18. The fourth-order valence-electron chi connectivity index (χ4n) is 5.87. The van der Waals surface area contributed by atoms with Crippen LogP contribution in [0, 0.1) is 0 Å². The number of amides is 1. The second kappa shape index (κ2) is 22.6. The summed E-state index contributed by atoms with van der Waals surface area (Å²) in [7, 11) is 2.37. The molecule has 0 spiro atoms. The number of nitrogen functional groups attached to an aromatic ring is 1. The van der Waals surface area contributed by atoms with E-state index in [9.17, 15) is 4.79 Å². The monoisotopic (exact) mass is 953 g/mol. The molecular weight excluding hydrogens is 879 g/mol. The molecule has 0 bridgehead atoms. The number of hydrogen-bond acceptors (Lipinski definition) is 12. The molecular formula is C47H75B3BrN3O10. The Balaban J connectivity index is 0.000000245. The smallest absolute Gasteiger partial charge is 0.444 e. The van der Waals surface area contributed by atoms with E-state index in [0.717, 1.165) is 46.2 Å². The molecule has 64 heavy (non-hydrogen) atoms. The van der Waals surface area contributed by atoms with Crippen LogP contribution in [-0.4, -0.2) is 106 Å². The lowest BCUT2D eigenvalue weighted by Crippen LogP contribution is -2.41. The summed E-state index contributed by atoms with van der Waals surface area (Å²) < 4.78 is 50.8. The fraction of sp³-hybridized carbons (Fsp3) is 0.596. The first kappa shape index (κ1) is 55.2. The number of benzene rings is 3. The highest BCUT2D eigenvalue weighted by Crippen LogP contribution is 2.38. The molecule has 3 saturated heterocycles. The minimum Gasteiger partial charge on any atom is -0.444 e. The maximum Gasteiger partial charge on any atom is 0.494 e. The predicted molar refractivity (Wildman–Crippen MR) is 267 cm³/mol. The van der Waals surface area contributed by atoms with Crippen molar-refractivity contribution in [3.63, 3.8) is 0 Å². The van der Waals surface area contributed by atoms with E-state index in [0.29, 0.717) is 12.3 Å². The first-order valence-corrected chi connectivity index (χ1v) is 23.0. The van der Waals surface area contributed by atoms with Gasteiger partial charge in [0, 0.05) is 43.2 Å². The van der Waals surface area contributed by atoms with E-state index in [1.54, 1.807) is 14.2 Å². The molecule has 0 radical (unpaired) electrons. The molecule has 3 aromatic rings. The number of methoxy groups -OCH3 is 2. The Bertz CT molecular complexity index is 1840. The van der Waals surface area contributed by atoms with Gasteiger partial charge in [-0.25, -0.2) is 4.79 Å². The topological polar surface area (TPSA) is 150 Å². The van der Waals surface area contributed by atoms with Crippen molar-refractivity contribution < 1.29 is 46.9 Å². The van der Waals surface area contributed by atoms with Gasteiger partial charge in [-0.15, -0.1) is 0 Å². The molecule has 0 unspecified atom stereocenters. The van der Waals surface area contributed by atoms with Crippen LogP contribution in [0.4, 0.5) is 21.9 Å². The van der Waals surface area contributed by atoms with Crippen molar-refractivity contribution in [1.29, 1.82) is 0 Å². The van der Waals surface area contributed by atoms with Gasteiger partial charge in [0.05, 0.1) is 46.8 Å². The molecule has 3 aliphatic rings. The molecule has 6 rings (SSSR count). The van der Waals surface area contributed by atoms with Crippen LogP contribution in [0.3, 0.4) is 0 Å². The predicted octanol–water partition coefficient (Wildman–Crippen LogP) is 7.97. The van der Waals surface area contributed by atoms with E-state index in [4.69, 9.17) is 43.1 Å². The number of ether oxygens (including phenoxy) is 3. The van der Waals surface area contributed by atoms with Crippen LogP contribution in [0.5, 0.6) is 0 Å². The molecule has 4 N–H and O–H groups in total. The minimum atomic E-state index is -0.521. The van der Waals surface area contributed by atoms with Crippen LogP contribution in [-0.2, 0) is 42.1 Å². The molecule has 17 heteroatoms. The normalized spacial score (nSPS) is 19.6. The number of anilines is 3. The van der Waals surface area contributed by atoms with Crippen molar-refractivity contribution in [3.8, 4) is 0 Å². The minimum absolute atomic E-state index is 0.293. The lowest BCUT2D eigenvalue weighted by atomic mass is 9.79. The molecule has 1 amide bonds. The Morgan fingerprint density at radius 2 is 0.875 bits per heavy atom. The summed E-state index contributed by atoms with van der Waals surface area (Å²) in [4.78, 5) is 11.8. The Hall–Kier alpha value is -3.12. The Morgan fingerprint density at radius 3 is 1.16 bits per heavy atom. The number of nitrogens with one attached hydrogen (secondary N) is 2. The molecule has 3 fully saturated rings. The van der Waals surface area contributed by atoms with E-state index in [1.807, 2.05) is 149 Å². The van der Waals surface area contributed by atoms with Gasteiger partial charge < -0.3 is 53.2 Å². The van der Waals surface area contributed by atoms with Crippen LogP contribution >= 0.6 is 15.9 Å². The lowest BCUT2D eigenvalue weighted by Gasteiger charge is -2.32. The fourth-order valence-corrected chi connectivity index (χ4v) is 6.19. The van der Waals surface area contributed by atoms with Gasteiger partial charge in [-0.05, 0) is 157 Å². The van der Waals surface area contributed by atoms with Crippen LogP contribution < -0.4 is 32.8 Å². The summed E-state index contributed by atoms with van der Waals surface area (Å²) in [5.41, 5.74) is 8.66. The van der Waals surface area contributed by atoms with Crippen molar-refractivity contribution in [2.75, 3.05) is 55.7 Å². The van der Waals surface area contributed by atoms with Gasteiger partial charge in [-0.1, -0.05) is 52.3 Å². The number of rotatable bonds is 10. The number of nitrogens with two attached hydrogens (primary N) is 1. The molecule has 0 aromatic heterocycles. The van der Waals surface area contributed by atoms with Gasteiger partial charge >= 0.3 is 27.4 Å². The van der Waals surface area contributed by atoms with E-state index >= 15 is 0 Å². The Kier molecular flexibility index (Phi) is 19.5.